The number of ether oxygens (including phenoxy) is 1. The van der Waals surface area contributed by atoms with Crippen LogP contribution in [0.2, 0.25) is 10.0 Å². The number of amides is 1. The molecule has 0 saturated heterocycles. The zero-order valence-corrected chi connectivity index (χ0v) is 16.3. The largest absolute Gasteiger partial charge is 0.383 e. The van der Waals surface area contributed by atoms with Crippen molar-refractivity contribution in [3.05, 3.63) is 58.6 Å². The third-order valence-corrected chi connectivity index (χ3v) is 5.61. The first kappa shape index (κ1) is 20.5. The molecule has 1 amide bonds. The number of nitrogens with one attached hydrogen (secondary N) is 1. The molecule has 0 fully saturated rings. The van der Waals surface area contributed by atoms with Gasteiger partial charge < -0.3 is 10.1 Å². The second-order valence-corrected chi connectivity index (χ2v) is 8.03. The fourth-order valence-corrected chi connectivity index (χ4v) is 4.14. The van der Waals surface area contributed by atoms with Gasteiger partial charge in [0, 0.05) is 23.7 Å². The van der Waals surface area contributed by atoms with Gasteiger partial charge in [-0.3, -0.25) is 9.10 Å². The average molecular weight is 417 g/mol. The number of carbonyl (C=O) groups excluding carboxylic acids is 1. The van der Waals surface area contributed by atoms with E-state index in [9.17, 15) is 13.2 Å². The van der Waals surface area contributed by atoms with Crippen molar-refractivity contribution in [1.82, 2.24) is 5.32 Å². The van der Waals surface area contributed by atoms with Gasteiger partial charge in [-0.05, 0) is 30.3 Å². The van der Waals surface area contributed by atoms with Crippen molar-refractivity contribution in [3.63, 3.8) is 0 Å². The Hall–Kier alpha value is -1.80. The smallest absolute Gasteiger partial charge is 0.264 e. The number of nitrogens with zero attached hydrogens (tertiary/aromatic N) is 1. The third-order valence-electron chi connectivity index (χ3n) is 3.38. The van der Waals surface area contributed by atoms with Gasteiger partial charge in [0.1, 0.15) is 6.54 Å². The van der Waals surface area contributed by atoms with Gasteiger partial charge in [0.15, 0.2) is 0 Å². The van der Waals surface area contributed by atoms with Gasteiger partial charge >= 0.3 is 0 Å². The molecule has 0 heterocycles. The van der Waals surface area contributed by atoms with Crippen molar-refractivity contribution in [2.75, 3.05) is 31.1 Å². The number of hydrogen-bond donors (Lipinski definition) is 1. The van der Waals surface area contributed by atoms with Crippen LogP contribution in [0.25, 0.3) is 0 Å². The zero-order chi connectivity index (χ0) is 19.2. The molecule has 140 valence electrons. The molecule has 0 spiro atoms. The molecule has 0 aliphatic rings. The Morgan fingerprint density at radius 1 is 1.12 bits per heavy atom. The monoisotopic (exact) mass is 416 g/mol. The minimum absolute atomic E-state index is 0.0563. The lowest BCUT2D eigenvalue weighted by molar-refractivity contribution is -0.119. The summed E-state index contributed by atoms with van der Waals surface area (Å²) < 4.78 is 32.0. The maximum atomic E-state index is 13.1. The van der Waals surface area contributed by atoms with Crippen LogP contribution >= 0.6 is 23.2 Å². The van der Waals surface area contributed by atoms with Gasteiger partial charge in [0.2, 0.25) is 5.91 Å². The quantitative estimate of drug-likeness (QED) is 0.671. The highest BCUT2D eigenvalue weighted by molar-refractivity contribution is 7.92. The average Bonchev–Trinajstić information content (AvgIpc) is 2.59. The first-order valence-corrected chi connectivity index (χ1v) is 9.83. The van der Waals surface area contributed by atoms with Gasteiger partial charge in [0.25, 0.3) is 10.0 Å². The first-order chi connectivity index (χ1) is 12.3. The van der Waals surface area contributed by atoms with E-state index in [-0.39, 0.29) is 27.2 Å². The minimum Gasteiger partial charge on any atom is -0.383 e. The van der Waals surface area contributed by atoms with E-state index in [1.165, 1.54) is 37.4 Å². The van der Waals surface area contributed by atoms with Crippen LogP contribution in [-0.2, 0) is 19.6 Å². The summed E-state index contributed by atoms with van der Waals surface area (Å²) in [7, 11) is -2.48. The van der Waals surface area contributed by atoms with Crippen LogP contribution in [0.3, 0.4) is 0 Å². The van der Waals surface area contributed by atoms with Crippen molar-refractivity contribution >= 4 is 44.8 Å². The first-order valence-electron chi connectivity index (χ1n) is 7.64. The second-order valence-electron chi connectivity index (χ2n) is 5.30. The van der Waals surface area contributed by atoms with Crippen LogP contribution in [-0.4, -0.2) is 41.1 Å². The molecule has 1 N–H and O–H groups in total. The molecule has 2 aromatic rings. The summed E-state index contributed by atoms with van der Waals surface area (Å²) in [5.41, 5.74) is 0.202. The summed E-state index contributed by atoms with van der Waals surface area (Å²) in [6.45, 7) is 0.169. The van der Waals surface area contributed by atoms with E-state index < -0.39 is 22.5 Å². The Labute approximate surface area is 162 Å². The predicted octanol–water partition coefficient (Wildman–Crippen LogP) is 2.95. The Bertz CT molecular complexity index is 840. The van der Waals surface area contributed by atoms with Crippen LogP contribution in [0.15, 0.2) is 53.4 Å². The Balaban J connectivity index is 2.40. The molecule has 0 aliphatic carbocycles. The minimum atomic E-state index is -3.99. The van der Waals surface area contributed by atoms with Gasteiger partial charge in [-0.15, -0.1) is 0 Å². The Morgan fingerprint density at radius 3 is 2.31 bits per heavy atom. The van der Waals surface area contributed by atoms with E-state index in [1.54, 1.807) is 18.2 Å². The van der Waals surface area contributed by atoms with Crippen LogP contribution in [0.5, 0.6) is 0 Å². The highest BCUT2D eigenvalue weighted by atomic mass is 35.5. The fourth-order valence-electron chi connectivity index (χ4n) is 2.20. The maximum absolute atomic E-state index is 13.1. The van der Waals surface area contributed by atoms with E-state index >= 15 is 0 Å². The van der Waals surface area contributed by atoms with Crippen molar-refractivity contribution in [1.29, 1.82) is 0 Å². The molecule has 0 bridgehead atoms. The van der Waals surface area contributed by atoms with Crippen LogP contribution in [0.4, 0.5) is 5.69 Å². The van der Waals surface area contributed by atoms with E-state index in [4.69, 9.17) is 27.9 Å². The molecule has 0 aliphatic heterocycles. The molecule has 0 radical (unpaired) electrons. The summed E-state index contributed by atoms with van der Waals surface area (Å²) in [6.07, 6.45) is 0. The highest BCUT2D eigenvalue weighted by Gasteiger charge is 2.27. The normalized spacial score (nSPS) is 11.2. The van der Waals surface area contributed by atoms with Gasteiger partial charge in [-0.1, -0.05) is 41.4 Å². The van der Waals surface area contributed by atoms with E-state index in [0.717, 1.165) is 4.31 Å². The van der Waals surface area contributed by atoms with Crippen molar-refractivity contribution in [3.8, 4) is 0 Å². The summed E-state index contributed by atoms with van der Waals surface area (Å²) in [4.78, 5) is 12.3. The number of carbonyl (C=O) groups is 1. The maximum Gasteiger partial charge on any atom is 0.264 e. The molecule has 9 heteroatoms. The van der Waals surface area contributed by atoms with Crippen LogP contribution in [0.1, 0.15) is 0 Å². The van der Waals surface area contributed by atoms with E-state index in [1.807, 2.05) is 0 Å². The van der Waals surface area contributed by atoms with Crippen molar-refractivity contribution in [2.45, 2.75) is 4.90 Å². The number of rotatable bonds is 8. The molecular weight excluding hydrogens is 399 g/mol. The van der Waals surface area contributed by atoms with Crippen LogP contribution in [0, 0.1) is 0 Å². The second kappa shape index (κ2) is 9.23. The van der Waals surface area contributed by atoms with Crippen LogP contribution < -0.4 is 9.62 Å². The summed E-state index contributed by atoms with van der Waals surface area (Å²) in [5, 5.41) is 3.13. The molecule has 26 heavy (non-hydrogen) atoms. The molecule has 2 rings (SSSR count). The Morgan fingerprint density at radius 2 is 1.73 bits per heavy atom. The van der Waals surface area contributed by atoms with Gasteiger partial charge in [-0.25, -0.2) is 8.42 Å². The van der Waals surface area contributed by atoms with E-state index in [2.05, 4.69) is 5.32 Å². The molecular formula is C17H18Cl2N2O4S. The fraction of sp³-hybridized carbons (Fsp3) is 0.235. The standard InChI is InChI=1S/C17H18Cl2N2O4S/c1-25-8-7-20-17(22)12-21(15-10-13(18)9-14(19)11-15)26(23,24)16-5-3-2-4-6-16/h2-6,9-11H,7-8,12H2,1H3,(H,20,22). The van der Waals surface area contributed by atoms with Crippen molar-refractivity contribution < 1.29 is 17.9 Å². The molecule has 0 atom stereocenters. The van der Waals surface area contributed by atoms with Gasteiger partial charge in [0.05, 0.1) is 17.2 Å². The van der Waals surface area contributed by atoms with Crippen molar-refractivity contribution in [2.24, 2.45) is 0 Å². The number of sulfonamides is 1. The topological polar surface area (TPSA) is 75.7 Å². The Kier molecular flexibility index (Phi) is 7.28. The lowest BCUT2D eigenvalue weighted by atomic mass is 10.3. The zero-order valence-electron chi connectivity index (χ0n) is 14.0. The third kappa shape index (κ3) is 5.35. The molecule has 6 nitrogen and oxygen atoms in total. The lowest BCUT2D eigenvalue weighted by Crippen LogP contribution is -2.41. The van der Waals surface area contributed by atoms with Gasteiger partial charge in [-0.2, -0.15) is 0 Å². The number of benzene rings is 2. The number of methoxy groups -OCH3 is 1. The summed E-state index contributed by atoms with van der Waals surface area (Å²) in [6, 6.07) is 12.2. The summed E-state index contributed by atoms with van der Waals surface area (Å²) >= 11 is 12.0. The van der Waals surface area contributed by atoms with E-state index in [0.29, 0.717) is 6.61 Å². The summed E-state index contributed by atoms with van der Waals surface area (Å²) in [5.74, 6) is -0.474. The molecule has 0 aromatic heterocycles. The highest BCUT2D eigenvalue weighted by Crippen LogP contribution is 2.29. The lowest BCUT2D eigenvalue weighted by Gasteiger charge is -2.24. The predicted molar refractivity (Wildman–Crippen MR) is 102 cm³/mol. The molecule has 2 aromatic carbocycles. The molecule has 0 saturated carbocycles. The number of anilines is 1. The number of halogens is 2. The number of hydrogen-bond acceptors (Lipinski definition) is 4. The SMILES string of the molecule is COCCNC(=O)CN(c1cc(Cl)cc(Cl)c1)S(=O)(=O)c1ccccc1. The molecule has 0 unspecified atom stereocenters.